The topological polar surface area (TPSA) is 37.3 Å². The van der Waals surface area contributed by atoms with Crippen LogP contribution in [0.3, 0.4) is 0 Å². The lowest BCUT2D eigenvalue weighted by Crippen LogP contribution is -2.28. The molecule has 0 bridgehead atoms. The Morgan fingerprint density at radius 3 is 2.33 bits per heavy atom. The molecule has 0 aliphatic heterocycles. The van der Waals surface area contributed by atoms with E-state index in [1.807, 2.05) is 6.07 Å². The fourth-order valence-corrected chi connectivity index (χ4v) is 0.992. The van der Waals surface area contributed by atoms with Gasteiger partial charge in [0.2, 0.25) is 5.78 Å². The Bertz CT molecular complexity index is 274. The summed E-state index contributed by atoms with van der Waals surface area (Å²) in [5.74, 6) is -0.383. The van der Waals surface area contributed by atoms with Crippen molar-refractivity contribution in [3.63, 3.8) is 0 Å². The average molecular weight is 182 g/mol. The molecule has 1 rings (SSSR count). The summed E-state index contributed by atoms with van der Waals surface area (Å²) < 4.78 is 0. The zero-order chi connectivity index (χ0) is 9.19. The van der Waals surface area contributed by atoms with Gasteiger partial charge in [-0.2, -0.15) is 0 Å². The molecule has 64 valence electrons. The third-order valence-corrected chi connectivity index (χ3v) is 1.67. The number of benzene rings is 1. The Balaban J connectivity index is 2.94. The lowest BCUT2D eigenvalue weighted by Gasteiger charge is -2.13. The van der Waals surface area contributed by atoms with E-state index in [9.17, 15) is 9.90 Å². The minimum absolute atomic E-state index is 0.383. The van der Waals surface area contributed by atoms with E-state index in [0.717, 1.165) is 0 Å². The van der Waals surface area contributed by atoms with Gasteiger partial charge in [0.25, 0.3) is 0 Å². The van der Waals surface area contributed by atoms with Crippen LogP contribution in [0.2, 0.25) is 0 Å². The minimum atomic E-state index is -1.58. The van der Waals surface area contributed by atoms with Crippen molar-refractivity contribution in [2.45, 2.75) is 11.9 Å². The molecule has 0 fully saturated rings. The summed E-state index contributed by atoms with van der Waals surface area (Å²) in [6, 6.07) is 8.59. The van der Waals surface area contributed by atoms with Gasteiger partial charge >= 0.3 is 0 Å². The predicted molar refractivity (Wildman–Crippen MR) is 50.4 cm³/mol. The quantitative estimate of drug-likeness (QED) is 0.413. The predicted octanol–water partition coefficient (Wildman–Crippen LogP) is 1.51. The molecule has 3 heteroatoms. The van der Waals surface area contributed by atoms with Crippen LogP contribution in [-0.4, -0.2) is 15.8 Å². The van der Waals surface area contributed by atoms with Crippen LogP contribution in [0.25, 0.3) is 0 Å². The molecule has 12 heavy (non-hydrogen) atoms. The van der Waals surface area contributed by atoms with Crippen LogP contribution in [0.4, 0.5) is 0 Å². The number of ketones is 1. The van der Waals surface area contributed by atoms with E-state index in [4.69, 9.17) is 0 Å². The Kier molecular flexibility index (Phi) is 2.55. The molecule has 0 saturated heterocycles. The SMILES string of the molecule is CC(O)(S)C(=O)c1ccccc1. The summed E-state index contributed by atoms with van der Waals surface area (Å²) in [4.78, 5) is 9.76. The molecule has 0 aliphatic carbocycles. The monoisotopic (exact) mass is 182 g/mol. The van der Waals surface area contributed by atoms with Crippen molar-refractivity contribution in [3.8, 4) is 0 Å². The van der Waals surface area contributed by atoms with Crippen LogP contribution in [0.5, 0.6) is 0 Å². The van der Waals surface area contributed by atoms with E-state index in [2.05, 4.69) is 12.6 Å². The van der Waals surface area contributed by atoms with Crippen molar-refractivity contribution in [1.82, 2.24) is 0 Å². The maximum atomic E-state index is 11.3. The standard InChI is InChI=1S/C9H10O2S/c1-9(11,12)8(10)7-5-3-2-4-6-7/h2-6,11-12H,1H3. The molecular formula is C9H10O2S. The number of carbonyl (C=O) groups is 1. The molecule has 0 saturated carbocycles. The lowest BCUT2D eigenvalue weighted by molar-refractivity contribution is 0.0713. The molecule has 0 aromatic heterocycles. The maximum absolute atomic E-state index is 11.3. The fraction of sp³-hybridized carbons (Fsp3) is 0.222. The third-order valence-electron chi connectivity index (χ3n) is 1.47. The Morgan fingerprint density at radius 2 is 1.92 bits per heavy atom. The van der Waals surface area contributed by atoms with Crippen LogP contribution in [0.1, 0.15) is 17.3 Å². The minimum Gasteiger partial charge on any atom is -0.372 e. The molecular weight excluding hydrogens is 172 g/mol. The third kappa shape index (κ3) is 2.09. The molecule has 1 unspecified atom stereocenters. The second-order valence-electron chi connectivity index (χ2n) is 2.72. The smallest absolute Gasteiger partial charge is 0.204 e. The van der Waals surface area contributed by atoms with Gasteiger partial charge in [-0.15, -0.1) is 12.6 Å². The highest BCUT2D eigenvalue weighted by molar-refractivity contribution is 7.82. The molecule has 0 spiro atoms. The summed E-state index contributed by atoms with van der Waals surface area (Å²) in [5.41, 5.74) is 0.470. The first-order chi connectivity index (χ1) is 5.52. The first-order valence-electron chi connectivity index (χ1n) is 3.56. The number of aliphatic hydroxyl groups is 1. The van der Waals surface area contributed by atoms with E-state index in [1.165, 1.54) is 6.92 Å². The van der Waals surface area contributed by atoms with E-state index in [0.29, 0.717) is 5.56 Å². The van der Waals surface area contributed by atoms with Crippen molar-refractivity contribution in [2.24, 2.45) is 0 Å². The summed E-state index contributed by atoms with van der Waals surface area (Å²) in [5, 5.41) is 9.25. The number of thiol groups is 1. The Morgan fingerprint density at radius 1 is 1.42 bits per heavy atom. The van der Waals surface area contributed by atoms with Gasteiger partial charge in [-0.3, -0.25) is 4.79 Å². The van der Waals surface area contributed by atoms with Crippen LogP contribution in [0.15, 0.2) is 30.3 Å². The molecule has 1 aromatic carbocycles. The van der Waals surface area contributed by atoms with Crippen LogP contribution < -0.4 is 0 Å². The highest BCUT2D eigenvalue weighted by Crippen LogP contribution is 2.16. The second-order valence-corrected chi connectivity index (χ2v) is 3.59. The van der Waals surface area contributed by atoms with Crippen molar-refractivity contribution >= 4 is 18.4 Å². The number of hydrogen-bond donors (Lipinski definition) is 2. The zero-order valence-electron chi connectivity index (χ0n) is 6.69. The summed E-state index contributed by atoms with van der Waals surface area (Å²) in [6.07, 6.45) is 0. The van der Waals surface area contributed by atoms with Gasteiger partial charge in [0.15, 0.2) is 4.93 Å². The van der Waals surface area contributed by atoms with E-state index >= 15 is 0 Å². The second kappa shape index (κ2) is 3.29. The normalized spacial score (nSPS) is 15.2. The van der Waals surface area contributed by atoms with Crippen LogP contribution >= 0.6 is 12.6 Å². The maximum Gasteiger partial charge on any atom is 0.204 e. The fourth-order valence-electron chi connectivity index (χ4n) is 0.863. The van der Waals surface area contributed by atoms with Crippen LogP contribution in [0, 0.1) is 0 Å². The molecule has 1 atom stereocenters. The van der Waals surface area contributed by atoms with Crippen molar-refractivity contribution in [2.75, 3.05) is 0 Å². The average Bonchev–Trinajstić information content (AvgIpc) is 2.03. The first-order valence-corrected chi connectivity index (χ1v) is 4.01. The van der Waals surface area contributed by atoms with E-state index in [1.54, 1.807) is 24.3 Å². The van der Waals surface area contributed by atoms with Gasteiger partial charge in [0.1, 0.15) is 0 Å². The summed E-state index contributed by atoms with van der Waals surface area (Å²) in [7, 11) is 0. The molecule has 0 amide bonds. The Hall–Kier alpha value is -0.800. The number of hydrogen-bond acceptors (Lipinski definition) is 3. The lowest BCUT2D eigenvalue weighted by atomic mass is 10.1. The van der Waals surface area contributed by atoms with Gasteiger partial charge < -0.3 is 5.11 Å². The highest BCUT2D eigenvalue weighted by Gasteiger charge is 2.25. The van der Waals surface area contributed by atoms with Crippen molar-refractivity contribution in [1.29, 1.82) is 0 Å². The number of Topliss-reactive ketones (excluding diaryl/α,β-unsaturated/α-hetero) is 1. The number of carbonyl (C=O) groups excluding carboxylic acids is 1. The van der Waals surface area contributed by atoms with Gasteiger partial charge in [0.05, 0.1) is 0 Å². The van der Waals surface area contributed by atoms with Crippen LogP contribution in [-0.2, 0) is 0 Å². The van der Waals surface area contributed by atoms with Gasteiger partial charge in [-0.1, -0.05) is 30.3 Å². The molecule has 0 radical (unpaired) electrons. The van der Waals surface area contributed by atoms with Crippen molar-refractivity contribution in [3.05, 3.63) is 35.9 Å². The van der Waals surface area contributed by atoms with Crippen molar-refractivity contribution < 1.29 is 9.90 Å². The molecule has 1 N–H and O–H groups in total. The van der Waals surface area contributed by atoms with E-state index in [-0.39, 0.29) is 5.78 Å². The van der Waals surface area contributed by atoms with Gasteiger partial charge in [-0.25, -0.2) is 0 Å². The highest BCUT2D eigenvalue weighted by atomic mass is 32.1. The Labute approximate surface area is 76.6 Å². The number of rotatable bonds is 2. The summed E-state index contributed by atoms with van der Waals surface area (Å²) in [6.45, 7) is 1.35. The largest absolute Gasteiger partial charge is 0.372 e. The zero-order valence-corrected chi connectivity index (χ0v) is 7.58. The molecule has 0 aliphatic rings. The first kappa shape index (κ1) is 9.29. The molecule has 2 nitrogen and oxygen atoms in total. The van der Waals surface area contributed by atoms with Gasteiger partial charge in [-0.05, 0) is 6.92 Å². The summed E-state index contributed by atoms with van der Waals surface area (Å²) >= 11 is 3.77. The molecule has 1 aromatic rings. The molecule has 0 heterocycles. The van der Waals surface area contributed by atoms with E-state index < -0.39 is 4.93 Å². The van der Waals surface area contributed by atoms with Gasteiger partial charge in [0, 0.05) is 5.56 Å².